The normalized spacial score (nSPS) is 16.5. The van der Waals surface area contributed by atoms with E-state index >= 15 is 0 Å². The average molecular weight is 308 g/mol. The van der Waals surface area contributed by atoms with E-state index in [9.17, 15) is 4.79 Å². The molecule has 0 saturated carbocycles. The first-order valence-electron chi connectivity index (χ1n) is 7.40. The number of hydrazine groups is 2. The van der Waals surface area contributed by atoms with Gasteiger partial charge in [0.25, 0.3) is 0 Å². The van der Waals surface area contributed by atoms with Crippen molar-refractivity contribution >= 4 is 11.8 Å². The molecule has 1 aliphatic rings. The van der Waals surface area contributed by atoms with Gasteiger partial charge in [0.05, 0.1) is 12.1 Å². The van der Waals surface area contributed by atoms with Crippen LogP contribution in [0.3, 0.4) is 0 Å². The monoisotopic (exact) mass is 308 g/mol. The highest BCUT2D eigenvalue weighted by molar-refractivity contribution is 5.98. The van der Waals surface area contributed by atoms with Crippen LogP contribution in [0.1, 0.15) is 39.0 Å². The molecule has 1 unspecified atom stereocenters. The fourth-order valence-corrected chi connectivity index (χ4v) is 2.12. The van der Waals surface area contributed by atoms with Crippen LogP contribution in [0.4, 0.5) is 0 Å². The molecule has 2 heterocycles. The SMILES string of the molecule is Cc1cnn(C)c1C1=NNN(C(OC(=O)C(C)C)C(C)C)N1. The minimum atomic E-state index is -0.468. The van der Waals surface area contributed by atoms with Gasteiger partial charge in [0.1, 0.15) is 5.69 Å². The number of carbonyl (C=O) groups excluding carboxylic acids is 1. The Morgan fingerprint density at radius 1 is 1.32 bits per heavy atom. The lowest BCUT2D eigenvalue weighted by atomic mass is 10.2. The maximum Gasteiger partial charge on any atom is 0.310 e. The van der Waals surface area contributed by atoms with Crippen LogP contribution in [0.5, 0.6) is 0 Å². The molecule has 122 valence electrons. The molecular weight excluding hydrogens is 284 g/mol. The number of carbonyl (C=O) groups is 1. The quantitative estimate of drug-likeness (QED) is 0.786. The van der Waals surface area contributed by atoms with E-state index in [2.05, 4.69) is 21.2 Å². The highest BCUT2D eigenvalue weighted by Crippen LogP contribution is 2.15. The Labute approximate surface area is 130 Å². The number of aryl methyl sites for hydroxylation is 2. The van der Waals surface area contributed by atoms with Crippen LogP contribution in [0, 0.1) is 18.8 Å². The molecule has 0 aliphatic carbocycles. The fraction of sp³-hybridized carbons (Fsp3) is 0.643. The van der Waals surface area contributed by atoms with Crippen molar-refractivity contribution in [3.05, 3.63) is 17.5 Å². The van der Waals surface area contributed by atoms with E-state index in [0.717, 1.165) is 11.3 Å². The Hall–Kier alpha value is -2.09. The molecule has 8 heteroatoms. The zero-order valence-electron chi connectivity index (χ0n) is 13.9. The number of ether oxygens (including phenoxy) is 1. The molecule has 0 aromatic carbocycles. The second-order valence-corrected chi connectivity index (χ2v) is 6.07. The van der Waals surface area contributed by atoms with Crippen molar-refractivity contribution in [3.63, 3.8) is 0 Å². The third-order valence-corrected chi connectivity index (χ3v) is 3.38. The maximum absolute atomic E-state index is 11.9. The maximum atomic E-state index is 11.9. The van der Waals surface area contributed by atoms with Gasteiger partial charge in [-0.2, -0.15) is 5.10 Å². The molecule has 1 aliphatic heterocycles. The number of esters is 1. The van der Waals surface area contributed by atoms with E-state index in [4.69, 9.17) is 4.74 Å². The van der Waals surface area contributed by atoms with Crippen LogP contribution in [0.15, 0.2) is 11.3 Å². The molecule has 1 atom stereocenters. The topological polar surface area (TPSA) is 83.8 Å². The van der Waals surface area contributed by atoms with Gasteiger partial charge in [-0.1, -0.05) is 32.8 Å². The average Bonchev–Trinajstić information content (AvgIpc) is 3.02. The molecule has 22 heavy (non-hydrogen) atoms. The smallest absolute Gasteiger partial charge is 0.310 e. The van der Waals surface area contributed by atoms with E-state index in [1.54, 1.807) is 16.0 Å². The van der Waals surface area contributed by atoms with Crippen LogP contribution < -0.4 is 11.0 Å². The molecule has 0 saturated heterocycles. The Kier molecular flexibility index (Phi) is 4.70. The second-order valence-electron chi connectivity index (χ2n) is 6.07. The largest absolute Gasteiger partial charge is 0.442 e. The lowest BCUT2D eigenvalue weighted by molar-refractivity contribution is -0.174. The first-order chi connectivity index (χ1) is 10.3. The lowest BCUT2D eigenvalue weighted by Gasteiger charge is -2.29. The molecule has 0 spiro atoms. The van der Waals surface area contributed by atoms with Gasteiger partial charge in [-0.05, 0) is 12.5 Å². The lowest BCUT2D eigenvalue weighted by Crippen LogP contribution is -2.53. The molecule has 0 bridgehead atoms. The van der Waals surface area contributed by atoms with Crippen LogP contribution in [0.2, 0.25) is 0 Å². The van der Waals surface area contributed by atoms with Gasteiger partial charge in [-0.15, -0.1) is 5.10 Å². The predicted molar refractivity (Wildman–Crippen MR) is 82.1 cm³/mol. The van der Waals surface area contributed by atoms with Gasteiger partial charge in [0.15, 0.2) is 12.1 Å². The van der Waals surface area contributed by atoms with Crippen LogP contribution in [-0.2, 0) is 16.6 Å². The molecule has 0 fully saturated rings. The number of hydrazone groups is 1. The van der Waals surface area contributed by atoms with E-state index in [1.807, 2.05) is 41.7 Å². The van der Waals surface area contributed by atoms with Gasteiger partial charge in [-0.3, -0.25) is 14.9 Å². The van der Waals surface area contributed by atoms with Crippen molar-refractivity contribution < 1.29 is 9.53 Å². The number of rotatable bonds is 5. The zero-order chi connectivity index (χ0) is 16.4. The molecule has 0 amide bonds. The number of hydrogen-bond acceptors (Lipinski definition) is 7. The summed E-state index contributed by atoms with van der Waals surface area (Å²) in [6, 6.07) is 0. The number of nitrogens with zero attached hydrogens (tertiary/aromatic N) is 4. The van der Waals surface area contributed by atoms with Crippen LogP contribution >= 0.6 is 0 Å². The summed E-state index contributed by atoms with van der Waals surface area (Å²) in [5.41, 5.74) is 7.90. The molecule has 1 aromatic rings. The van der Waals surface area contributed by atoms with E-state index < -0.39 is 6.23 Å². The molecule has 2 N–H and O–H groups in total. The summed E-state index contributed by atoms with van der Waals surface area (Å²) < 4.78 is 7.30. The second kappa shape index (κ2) is 6.35. The molecule has 2 rings (SSSR count). The van der Waals surface area contributed by atoms with Crippen molar-refractivity contribution in [2.24, 2.45) is 24.0 Å². The minimum Gasteiger partial charge on any atom is -0.442 e. The standard InChI is InChI=1S/C14H24N6O2/c1-8(2)13(22-14(21)9(3)4)20-17-12(16-18-20)11-10(5)7-15-19(11)6/h7-9,13,18H,1-6H3,(H,16,17). The molecule has 1 aromatic heterocycles. The molecule has 0 radical (unpaired) electrons. The molecule has 8 nitrogen and oxygen atoms in total. The summed E-state index contributed by atoms with van der Waals surface area (Å²) >= 11 is 0. The summed E-state index contributed by atoms with van der Waals surface area (Å²) in [5.74, 6) is 0.310. The van der Waals surface area contributed by atoms with E-state index in [1.165, 1.54) is 0 Å². The van der Waals surface area contributed by atoms with Crippen LogP contribution in [0.25, 0.3) is 0 Å². The van der Waals surface area contributed by atoms with Crippen molar-refractivity contribution in [1.82, 2.24) is 25.9 Å². The van der Waals surface area contributed by atoms with E-state index in [0.29, 0.717) is 5.84 Å². The first kappa shape index (κ1) is 16.3. The fourth-order valence-electron chi connectivity index (χ4n) is 2.12. The van der Waals surface area contributed by atoms with Crippen molar-refractivity contribution in [1.29, 1.82) is 0 Å². The summed E-state index contributed by atoms with van der Waals surface area (Å²) in [5, 5.41) is 10.1. The van der Waals surface area contributed by atoms with Crippen molar-refractivity contribution in [2.45, 2.75) is 40.8 Å². The summed E-state index contributed by atoms with van der Waals surface area (Å²) in [4.78, 5) is 11.9. The third-order valence-electron chi connectivity index (χ3n) is 3.38. The van der Waals surface area contributed by atoms with Crippen molar-refractivity contribution in [3.8, 4) is 0 Å². The highest BCUT2D eigenvalue weighted by Gasteiger charge is 2.32. The van der Waals surface area contributed by atoms with Crippen molar-refractivity contribution in [2.75, 3.05) is 0 Å². The minimum absolute atomic E-state index is 0.0879. The summed E-state index contributed by atoms with van der Waals surface area (Å²) in [6.07, 6.45) is 1.31. The van der Waals surface area contributed by atoms with Gasteiger partial charge in [-0.25, -0.2) is 5.53 Å². The van der Waals surface area contributed by atoms with E-state index in [-0.39, 0.29) is 17.8 Å². The Morgan fingerprint density at radius 2 is 2.00 bits per heavy atom. The van der Waals surface area contributed by atoms with Gasteiger partial charge in [0.2, 0.25) is 0 Å². The Balaban J connectivity index is 2.10. The zero-order valence-corrected chi connectivity index (χ0v) is 13.9. The van der Waals surface area contributed by atoms with Gasteiger partial charge >= 0.3 is 5.97 Å². The highest BCUT2D eigenvalue weighted by atomic mass is 16.6. The third kappa shape index (κ3) is 3.22. The predicted octanol–water partition coefficient (Wildman–Crippen LogP) is 0.896. The summed E-state index contributed by atoms with van der Waals surface area (Å²) in [6.45, 7) is 9.55. The number of nitrogens with one attached hydrogen (secondary N) is 2. The molecular formula is C14H24N6O2. The summed E-state index contributed by atoms with van der Waals surface area (Å²) in [7, 11) is 1.86. The number of aromatic nitrogens is 2. The number of amidine groups is 1. The van der Waals surface area contributed by atoms with Gasteiger partial charge in [0, 0.05) is 13.0 Å². The first-order valence-corrected chi connectivity index (χ1v) is 7.40. The number of hydrogen-bond donors (Lipinski definition) is 2. The van der Waals surface area contributed by atoms with Crippen LogP contribution in [-0.4, -0.2) is 32.9 Å². The Bertz CT molecular complexity index is 558. The Morgan fingerprint density at radius 3 is 2.50 bits per heavy atom. The van der Waals surface area contributed by atoms with Gasteiger partial charge < -0.3 is 4.74 Å².